The summed E-state index contributed by atoms with van der Waals surface area (Å²) >= 11 is 0. The number of aromatic nitrogens is 1. The van der Waals surface area contributed by atoms with Crippen LogP contribution in [0.25, 0.3) is 0 Å². The molecule has 0 spiro atoms. The Morgan fingerprint density at radius 1 is 1.35 bits per heavy atom. The first kappa shape index (κ1) is 12.5. The molecular weight excluding hydrogens is 210 g/mol. The summed E-state index contributed by atoms with van der Waals surface area (Å²) in [7, 11) is 0. The summed E-state index contributed by atoms with van der Waals surface area (Å²) in [5, 5.41) is 0. The topological polar surface area (TPSA) is 42.1 Å². The Hall–Kier alpha value is -0.930. The minimum atomic E-state index is 0.353. The number of likely N-dealkylation sites (N-methyl/N-ethyl adjacent to an activating group) is 1. The van der Waals surface area contributed by atoms with Crippen molar-refractivity contribution in [3.63, 3.8) is 0 Å². The van der Waals surface area contributed by atoms with Gasteiger partial charge in [0.25, 0.3) is 0 Å². The molecule has 17 heavy (non-hydrogen) atoms. The van der Waals surface area contributed by atoms with Gasteiger partial charge in [0.2, 0.25) is 0 Å². The highest BCUT2D eigenvalue weighted by Crippen LogP contribution is 2.30. The molecule has 1 aromatic heterocycles. The molecule has 3 heteroatoms. The van der Waals surface area contributed by atoms with E-state index in [1.807, 2.05) is 12.4 Å². The monoisotopic (exact) mass is 233 g/mol. The van der Waals surface area contributed by atoms with Crippen LogP contribution in [0.4, 0.5) is 0 Å². The number of pyridine rings is 1. The number of hydrogen-bond donors (Lipinski definition) is 1. The van der Waals surface area contributed by atoms with E-state index in [0.717, 1.165) is 12.6 Å². The van der Waals surface area contributed by atoms with Crippen molar-refractivity contribution in [1.29, 1.82) is 0 Å². The third kappa shape index (κ3) is 2.85. The van der Waals surface area contributed by atoms with E-state index in [1.54, 1.807) is 0 Å². The summed E-state index contributed by atoms with van der Waals surface area (Å²) < 4.78 is 0. The second-order valence-corrected chi connectivity index (χ2v) is 4.80. The number of nitrogens with two attached hydrogens (primary N) is 1. The number of rotatable bonds is 5. The van der Waals surface area contributed by atoms with Crippen molar-refractivity contribution in [3.05, 3.63) is 30.1 Å². The van der Waals surface area contributed by atoms with E-state index in [0.29, 0.717) is 12.6 Å². The van der Waals surface area contributed by atoms with Gasteiger partial charge < -0.3 is 5.73 Å². The van der Waals surface area contributed by atoms with Gasteiger partial charge in [-0.25, -0.2) is 0 Å². The van der Waals surface area contributed by atoms with Gasteiger partial charge in [-0.15, -0.1) is 0 Å². The van der Waals surface area contributed by atoms with Crippen molar-refractivity contribution >= 4 is 0 Å². The molecule has 1 aromatic rings. The van der Waals surface area contributed by atoms with Gasteiger partial charge in [0, 0.05) is 31.0 Å². The zero-order valence-corrected chi connectivity index (χ0v) is 10.7. The van der Waals surface area contributed by atoms with Crippen molar-refractivity contribution in [2.75, 3.05) is 13.1 Å². The number of hydrogen-bond acceptors (Lipinski definition) is 3. The molecule has 1 fully saturated rings. The summed E-state index contributed by atoms with van der Waals surface area (Å²) in [4.78, 5) is 6.66. The Kier molecular flexibility index (Phi) is 4.51. The Morgan fingerprint density at radius 2 is 2.00 bits per heavy atom. The van der Waals surface area contributed by atoms with Gasteiger partial charge in [-0.1, -0.05) is 19.8 Å². The Morgan fingerprint density at radius 3 is 2.53 bits per heavy atom. The lowest BCUT2D eigenvalue weighted by atomic mass is 10.0. The standard InChI is InChI=1S/C14H23N3/c1-2-17(13-5-3-4-6-13)14(11-15)12-7-9-16-10-8-12/h7-10,13-14H,2-6,11,15H2,1H3. The van der Waals surface area contributed by atoms with E-state index in [9.17, 15) is 0 Å². The maximum absolute atomic E-state index is 5.99. The molecule has 0 radical (unpaired) electrons. The maximum Gasteiger partial charge on any atom is 0.0474 e. The molecular formula is C14H23N3. The van der Waals surface area contributed by atoms with Crippen LogP contribution in [-0.4, -0.2) is 29.0 Å². The van der Waals surface area contributed by atoms with Crippen molar-refractivity contribution in [3.8, 4) is 0 Å². The fourth-order valence-corrected chi connectivity index (χ4v) is 3.02. The molecule has 1 aliphatic rings. The summed E-state index contributed by atoms with van der Waals surface area (Å²) in [5.41, 5.74) is 7.29. The second kappa shape index (κ2) is 6.12. The summed E-state index contributed by atoms with van der Waals surface area (Å²) in [6, 6.07) is 5.26. The first-order chi connectivity index (χ1) is 8.36. The molecule has 94 valence electrons. The van der Waals surface area contributed by atoms with Crippen LogP contribution in [0.2, 0.25) is 0 Å². The zero-order chi connectivity index (χ0) is 12.1. The van der Waals surface area contributed by atoms with Crippen molar-refractivity contribution in [2.24, 2.45) is 5.73 Å². The highest BCUT2D eigenvalue weighted by atomic mass is 15.2. The quantitative estimate of drug-likeness (QED) is 0.849. The largest absolute Gasteiger partial charge is 0.329 e. The van der Waals surface area contributed by atoms with Crippen LogP contribution >= 0.6 is 0 Å². The fraction of sp³-hybridized carbons (Fsp3) is 0.643. The minimum Gasteiger partial charge on any atom is -0.329 e. The molecule has 3 nitrogen and oxygen atoms in total. The van der Waals surface area contributed by atoms with Crippen LogP contribution in [0.15, 0.2) is 24.5 Å². The van der Waals surface area contributed by atoms with Gasteiger partial charge >= 0.3 is 0 Å². The molecule has 2 N–H and O–H groups in total. The Labute approximate surface area is 104 Å². The Bertz CT molecular complexity index is 319. The molecule has 1 unspecified atom stereocenters. The predicted molar refractivity (Wildman–Crippen MR) is 70.7 cm³/mol. The average Bonchev–Trinajstić information content (AvgIpc) is 2.90. The molecule has 2 rings (SSSR count). The van der Waals surface area contributed by atoms with Gasteiger partial charge in [0.15, 0.2) is 0 Å². The predicted octanol–water partition coefficient (Wildman–Crippen LogP) is 2.35. The van der Waals surface area contributed by atoms with Gasteiger partial charge in [-0.05, 0) is 37.1 Å². The normalized spacial score (nSPS) is 18.8. The zero-order valence-electron chi connectivity index (χ0n) is 10.7. The highest BCUT2D eigenvalue weighted by molar-refractivity contribution is 5.16. The molecule has 0 aromatic carbocycles. The molecule has 0 saturated heterocycles. The molecule has 0 aliphatic heterocycles. The highest BCUT2D eigenvalue weighted by Gasteiger charge is 2.27. The summed E-state index contributed by atoms with van der Waals surface area (Å²) in [6.45, 7) is 4.01. The first-order valence-electron chi connectivity index (χ1n) is 6.72. The van der Waals surface area contributed by atoms with E-state index in [4.69, 9.17) is 5.73 Å². The maximum atomic E-state index is 5.99. The van der Waals surface area contributed by atoms with Crippen molar-refractivity contribution in [1.82, 2.24) is 9.88 Å². The van der Waals surface area contributed by atoms with Gasteiger partial charge in [0.1, 0.15) is 0 Å². The van der Waals surface area contributed by atoms with Crippen LogP contribution in [0.5, 0.6) is 0 Å². The second-order valence-electron chi connectivity index (χ2n) is 4.80. The molecule has 0 bridgehead atoms. The van der Waals surface area contributed by atoms with Crippen LogP contribution in [-0.2, 0) is 0 Å². The lowest BCUT2D eigenvalue weighted by molar-refractivity contribution is 0.147. The molecule has 1 atom stereocenters. The number of nitrogens with zero attached hydrogens (tertiary/aromatic N) is 2. The summed E-state index contributed by atoms with van der Waals surface area (Å²) in [6.07, 6.45) is 9.12. The van der Waals surface area contributed by atoms with Crippen molar-refractivity contribution < 1.29 is 0 Å². The average molecular weight is 233 g/mol. The van der Waals surface area contributed by atoms with E-state index < -0.39 is 0 Å². The Balaban J connectivity index is 2.15. The SMILES string of the molecule is CCN(C1CCCC1)C(CN)c1ccncc1. The minimum absolute atomic E-state index is 0.353. The third-order valence-corrected chi connectivity index (χ3v) is 3.87. The van der Waals surface area contributed by atoms with Gasteiger partial charge in [-0.2, -0.15) is 0 Å². The van der Waals surface area contributed by atoms with Crippen LogP contribution in [0.1, 0.15) is 44.2 Å². The van der Waals surface area contributed by atoms with Crippen LogP contribution in [0.3, 0.4) is 0 Å². The van der Waals surface area contributed by atoms with Gasteiger partial charge in [-0.3, -0.25) is 9.88 Å². The lowest BCUT2D eigenvalue weighted by Crippen LogP contribution is -2.40. The molecule has 1 saturated carbocycles. The lowest BCUT2D eigenvalue weighted by Gasteiger charge is -2.35. The molecule has 0 amide bonds. The van der Waals surface area contributed by atoms with Crippen molar-refractivity contribution in [2.45, 2.75) is 44.7 Å². The third-order valence-electron chi connectivity index (χ3n) is 3.87. The van der Waals surface area contributed by atoms with E-state index in [1.165, 1.54) is 31.2 Å². The smallest absolute Gasteiger partial charge is 0.0474 e. The first-order valence-corrected chi connectivity index (χ1v) is 6.72. The van der Waals surface area contributed by atoms with Crippen LogP contribution < -0.4 is 5.73 Å². The van der Waals surface area contributed by atoms with E-state index in [2.05, 4.69) is 28.9 Å². The van der Waals surface area contributed by atoms with Crippen LogP contribution in [0, 0.1) is 0 Å². The van der Waals surface area contributed by atoms with Gasteiger partial charge in [0.05, 0.1) is 0 Å². The molecule has 1 aliphatic carbocycles. The van der Waals surface area contributed by atoms with E-state index in [-0.39, 0.29) is 0 Å². The summed E-state index contributed by atoms with van der Waals surface area (Å²) in [5.74, 6) is 0. The van der Waals surface area contributed by atoms with E-state index >= 15 is 0 Å². The fourth-order valence-electron chi connectivity index (χ4n) is 3.02. The molecule has 1 heterocycles.